The summed E-state index contributed by atoms with van der Waals surface area (Å²) >= 11 is 0. The van der Waals surface area contributed by atoms with Gasteiger partial charge in [0.2, 0.25) is 5.91 Å². The molecule has 1 amide bonds. The van der Waals surface area contributed by atoms with Crippen molar-refractivity contribution in [1.82, 2.24) is 5.32 Å². The molecule has 0 aliphatic heterocycles. The maximum absolute atomic E-state index is 12.9. The average Bonchev–Trinajstić information content (AvgIpc) is 2.17. The van der Waals surface area contributed by atoms with Gasteiger partial charge in [0.05, 0.1) is 17.8 Å². The predicted octanol–water partition coefficient (Wildman–Crippen LogP) is 0.682. The Kier molecular flexibility index (Phi) is 3.96. The fraction of sp³-hybridized carbons (Fsp3) is 0.200. The summed E-state index contributed by atoms with van der Waals surface area (Å²) in [5.41, 5.74) is -0.196. The first-order valence-corrected chi connectivity index (χ1v) is 4.52. The maximum Gasteiger partial charge on any atom is 0.337 e. The quantitative estimate of drug-likeness (QED) is 0.705. The molecular formula is C10H11FN2O3. The van der Waals surface area contributed by atoms with Crippen LogP contribution >= 0.6 is 0 Å². The van der Waals surface area contributed by atoms with E-state index in [0.29, 0.717) is 0 Å². The van der Waals surface area contributed by atoms with Gasteiger partial charge < -0.3 is 15.7 Å². The van der Waals surface area contributed by atoms with Crippen molar-refractivity contribution in [2.24, 2.45) is 0 Å². The van der Waals surface area contributed by atoms with E-state index >= 15 is 0 Å². The molecule has 0 saturated heterocycles. The Hall–Kier alpha value is -1.95. The van der Waals surface area contributed by atoms with Gasteiger partial charge >= 0.3 is 5.97 Å². The van der Waals surface area contributed by atoms with Crippen molar-refractivity contribution >= 4 is 17.6 Å². The minimum Gasteiger partial charge on any atom is -0.478 e. The van der Waals surface area contributed by atoms with Crippen molar-refractivity contribution < 1.29 is 19.1 Å². The highest BCUT2D eigenvalue weighted by atomic mass is 19.1. The summed E-state index contributed by atoms with van der Waals surface area (Å²) in [4.78, 5) is 22.0. The average molecular weight is 226 g/mol. The smallest absolute Gasteiger partial charge is 0.337 e. The fourth-order valence-corrected chi connectivity index (χ4v) is 1.16. The van der Waals surface area contributed by atoms with Gasteiger partial charge in [-0.25, -0.2) is 9.18 Å². The summed E-state index contributed by atoms with van der Waals surface area (Å²) in [5, 5.41) is 13.7. The number of hydrogen-bond donors (Lipinski definition) is 3. The van der Waals surface area contributed by atoms with Crippen LogP contribution in [-0.4, -0.2) is 30.6 Å². The molecule has 3 N–H and O–H groups in total. The number of anilines is 1. The molecule has 0 aliphatic carbocycles. The van der Waals surface area contributed by atoms with Crippen LogP contribution in [0.1, 0.15) is 10.4 Å². The Labute approximate surface area is 91.3 Å². The van der Waals surface area contributed by atoms with Crippen molar-refractivity contribution in [3.8, 4) is 0 Å². The lowest BCUT2D eigenvalue weighted by Crippen LogP contribution is -2.26. The normalized spacial score (nSPS) is 9.88. The minimum atomic E-state index is -1.22. The van der Waals surface area contributed by atoms with Gasteiger partial charge in [0, 0.05) is 0 Å². The molecule has 5 nitrogen and oxygen atoms in total. The predicted molar refractivity (Wildman–Crippen MR) is 55.9 cm³/mol. The molecule has 86 valence electrons. The fourth-order valence-electron chi connectivity index (χ4n) is 1.16. The summed E-state index contributed by atoms with van der Waals surface area (Å²) in [6.07, 6.45) is 0. The number of carboxylic acids is 1. The van der Waals surface area contributed by atoms with Crippen molar-refractivity contribution in [1.29, 1.82) is 0 Å². The molecule has 0 saturated carbocycles. The molecule has 0 atom stereocenters. The minimum absolute atomic E-state index is 0.0234. The largest absolute Gasteiger partial charge is 0.478 e. The van der Waals surface area contributed by atoms with Gasteiger partial charge in [-0.2, -0.15) is 0 Å². The molecule has 0 spiro atoms. The highest BCUT2D eigenvalue weighted by molar-refractivity contribution is 6.01. The zero-order valence-corrected chi connectivity index (χ0v) is 8.58. The first-order valence-electron chi connectivity index (χ1n) is 4.52. The van der Waals surface area contributed by atoms with Crippen LogP contribution in [0.3, 0.4) is 0 Å². The highest BCUT2D eigenvalue weighted by Crippen LogP contribution is 2.17. The van der Waals surface area contributed by atoms with Gasteiger partial charge in [0.15, 0.2) is 0 Å². The van der Waals surface area contributed by atoms with E-state index in [1.807, 2.05) is 0 Å². The lowest BCUT2D eigenvalue weighted by atomic mass is 10.1. The third kappa shape index (κ3) is 3.03. The molecule has 0 aromatic heterocycles. The van der Waals surface area contributed by atoms with Crippen molar-refractivity contribution in [3.63, 3.8) is 0 Å². The Morgan fingerprint density at radius 1 is 1.44 bits per heavy atom. The van der Waals surface area contributed by atoms with E-state index in [1.54, 1.807) is 7.05 Å². The van der Waals surface area contributed by atoms with Gasteiger partial charge in [0.25, 0.3) is 0 Å². The van der Waals surface area contributed by atoms with Crippen molar-refractivity contribution in [2.75, 3.05) is 18.9 Å². The number of amides is 1. The first-order chi connectivity index (χ1) is 7.54. The molecule has 0 heterocycles. The van der Waals surface area contributed by atoms with Gasteiger partial charge in [0.1, 0.15) is 5.82 Å². The molecule has 0 aliphatic rings. The SMILES string of the molecule is CNCC(=O)Nc1cc(F)ccc1C(=O)O. The second kappa shape index (κ2) is 5.22. The van der Waals surface area contributed by atoms with Crippen LogP contribution in [0, 0.1) is 5.82 Å². The number of nitrogens with one attached hydrogen (secondary N) is 2. The van der Waals surface area contributed by atoms with E-state index < -0.39 is 17.7 Å². The zero-order valence-electron chi connectivity index (χ0n) is 8.58. The van der Waals surface area contributed by atoms with Gasteiger partial charge in [-0.1, -0.05) is 0 Å². The molecule has 0 bridgehead atoms. The third-order valence-electron chi connectivity index (χ3n) is 1.82. The second-order valence-corrected chi connectivity index (χ2v) is 3.07. The molecule has 1 rings (SSSR count). The van der Waals surface area contributed by atoms with Crippen LogP contribution in [0.15, 0.2) is 18.2 Å². The highest BCUT2D eigenvalue weighted by Gasteiger charge is 2.12. The van der Waals surface area contributed by atoms with Crippen molar-refractivity contribution in [2.45, 2.75) is 0 Å². The number of carbonyl (C=O) groups is 2. The third-order valence-corrected chi connectivity index (χ3v) is 1.82. The number of likely N-dealkylation sites (N-methyl/N-ethyl adjacent to an activating group) is 1. The number of benzene rings is 1. The molecule has 6 heteroatoms. The monoisotopic (exact) mass is 226 g/mol. The summed E-state index contributed by atoms with van der Waals surface area (Å²) in [5.74, 6) is -2.26. The number of rotatable bonds is 4. The van der Waals surface area contributed by atoms with Crippen molar-refractivity contribution in [3.05, 3.63) is 29.6 Å². The molecule has 1 aromatic rings. The molecular weight excluding hydrogens is 215 g/mol. The zero-order chi connectivity index (χ0) is 12.1. The topological polar surface area (TPSA) is 78.4 Å². The number of aromatic carboxylic acids is 1. The summed E-state index contributed by atoms with van der Waals surface area (Å²) in [7, 11) is 1.57. The number of carboxylic acid groups (broad SMARTS) is 1. The van der Waals surface area contributed by atoms with E-state index in [1.165, 1.54) is 0 Å². The van der Waals surface area contributed by atoms with Crippen LogP contribution in [0.25, 0.3) is 0 Å². The molecule has 1 aromatic carbocycles. The van der Waals surface area contributed by atoms with E-state index in [0.717, 1.165) is 18.2 Å². The van der Waals surface area contributed by atoms with Crippen LogP contribution in [0.2, 0.25) is 0 Å². The molecule has 0 radical (unpaired) electrons. The van der Waals surface area contributed by atoms with Crippen LogP contribution in [0.4, 0.5) is 10.1 Å². The van der Waals surface area contributed by atoms with Crippen LogP contribution < -0.4 is 10.6 Å². The lowest BCUT2D eigenvalue weighted by molar-refractivity contribution is -0.115. The van der Waals surface area contributed by atoms with E-state index in [-0.39, 0.29) is 17.8 Å². The molecule has 0 fully saturated rings. The molecule has 16 heavy (non-hydrogen) atoms. The Balaban J connectivity index is 2.96. The van der Waals surface area contributed by atoms with E-state index in [9.17, 15) is 14.0 Å². The van der Waals surface area contributed by atoms with E-state index in [2.05, 4.69) is 10.6 Å². The van der Waals surface area contributed by atoms with Crippen LogP contribution in [-0.2, 0) is 4.79 Å². The first kappa shape index (κ1) is 12.1. The second-order valence-electron chi connectivity index (χ2n) is 3.07. The van der Waals surface area contributed by atoms with Gasteiger partial charge in [-0.05, 0) is 25.2 Å². The molecule has 0 unspecified atom stereocenters. The number of hydrogen-bond acceptors (Lipinski definition) is 3. The Bertz CT molecular complexity index is 421. The Morgan fingerprint density at radius 2 is 2.12 bits per heavy atom. The standard InChI is InChI=1S/C10H11FN2O3/c1-12-5-9(14)13-8-4-6(11)2-3-7(8)10(15)16/h2-4,12H,5H2,1H3,(H,13,14)(H,15,16). The van der Waals surface area contributed by atoms with Gasteiger partial charge in [-0.15, -0.1) is 0 Å². The number of halogens is 1. The summed E-state index contributed by atoms with van der Waals surface area (Å²) < 4.78 is 12.9. The van der Waals surface area contributed by atoms with Gasteiger partial charge in [-0.3, -0.25) is 4.79 Å². The Morgan fingerprint density at radius 3 is 2.69 bits per heavy atom. The maximum atomic E-state index is 12.9. The van der Waals surface area contributed by atoms with Crippen LogP contribution in [0.5, 0.6) is 0 Å². The summed E-state index contributed by atoms with van der Waals surface area (Å²) in [6.45, 7) is 0.0234. The lowest BCUT2D eigenvalue weighted by Gasteiger charge is -2.08. The van der Waals surface area contributed by atoms with E-state index in [4.69, 9.17) is 5.11 Å². The number of carbonyl (C=O) groups excluding carboxylic acids is 1. The summed E-state index contributed by atoms with van der Waals surface area (Å²) in [6, 6.07) is 3.10.